The third-order valence-corrected chi connectivity index (χ3v) is 7.73. The van der Waals surface area contributed by atoms with E-state index in [9.17, 15) is 4.79 Å². The third-order valence-electron chi connectivity index (χ3n) is 6.66. The van der Waals surface area contributed by atoms with Crippen LogP contribution in [0.25, 0.3) is 17.4 Å². The van der Waals surface area contributed by atoms with Crippen LogP contribution in [0.3, 0.4) is 0 Å². The summed E-state index contributed by atoms with van der Waals surface area (Å²) in [6.45, 7) is 4.45. The molecule has 1 aromatic carbocycles. The third kappa shape index (κ3) is 5.08. The molecule has 0 aliphatic carbocycles. The zero-order chi connectivity index (χ0) is 27.0. The smallest absolute Gasteiger partial charge is 0.266 e. The molecule has 5 aromatic rings. The van der Waals surface area contributed by atoms with Crippen molar-refractivity contribution in [3.05, 3.63) is 88.0 Å². The monoisotopic (exact) mass is 541 g/mol. The summed E-state index contributed by atoms with van der Waals surface area (Å²) < 4.78 is 6.04. The molecule has 1 saturated heterocycles. The summed E-state index contributed by atoms with van der Waals surface area (Å²) in [6, 6.07) is 13.2. The zero-order valence-corrected chi connectivity index (χ0v) is 22.4. The van der Waals surface area contributed by atoms with Crippen molar-refractivity contribution < 1.29 is 9.21 Å². The Kier molecular flexibility index (Phi) is 6.49. The van der Waals surface area contributed by atoms with Crippen LogP contribution in [0.1, 0.15) is 58.3 Å². The van der Waals surface area contributed by atoms with Gasteiger partial charge in [-0.05, 0) is 50.8 Å². The topological polar surface area (TPSA) is 142 Å². The predicted octanol–water partition coefficient (Wildman–Crippen LogP) is 3.87. The second-order valence-electron chi connectivity index (χ2n) is 9.89. The molecular weight excluding hydrogens is 514 g/mol. The number of hydrogen-bond donors (Lipinski definition) is 1. The molecule has 1 aliphatic heterocycles. The number of aryl methyl sites for hydroxylation is 1. The molecule has 6 rings (SSSR count). The van der Waals surface area contributed by atoms with Crippen molar-refractivity contribution in [1.82, 2.24) is 40.1 Å². The fraction of sp³-hybridized carbons (Fsp3) is 0.296. The van der Waals surface area contributed by atoms with E-state index in [4.69, 9.17) is 10.2 Å². The lowest BCUT2D eigenvalue weighted by atomic mass is 9.94. The number of likely N-dealkylation sites (tertiary alicyclic amines) is 1. The van der Waals surface area contributed by atoms with E-state index < -0.39 is 5.54 Å². The maximum absolute atomic E-state index is 13.8. The van der Waals surface area contributed by atoms with Crippen molar-refractivity contribution in [1.29, 1.82) is 0 Å². The zero-order valence-electron chi connectivity index (χ0n) is 21.6. The van der Waals surface area contributed by atoms with E-state index >= 15 is 0 Å². The summed E-state index contributed by atoms with van der Waals surface area (Å²) in [5.41, 5.74) is 8.46. The first kappa shape index (κ1) is 25.0. The Bertz CT molecular complexity index is 1590. The van der Waals surface area contributed by atoms with Crippen LogP contribution in [0.15, 0.2) is 64.7 Å². The molecule has 12 heteroatoms. The molecule has 1 amide bonds. The molecule has 2 N–H and O–H groups in total. The summed E-state index contributed by atoms with van der Waals surface area (Å²) in [7, 11) is 0. The number of thiazole rings is 1. The maximum atomic E-state index is 13.8. The predicted molar refractivity (Wildman–Crippen MR) is 144 cm³/mol. The Labute approximate surface area is 228 Å². The van der Waals surface area contributed by atoms with Gasteiger partial charge in [-0.3, -0.25) is 4.79 Å². The van der Waals surface area contributed by atoms with Gasteiger partial charge in [0.05, 0.1) is 24.0 Å². The van der Waals surface area contributed by atoms with Gasteiger partial charge in [0, 0.05) is 23.2 Å². The molecule has 2 atom stereocenters. The Balaban J connectivity index is 1.35. The van der Waals surface area contributed by atoms with Gasteiger partial charge in [-0.2, -0.15) is 10.2 Å². The van der Waals surface area contributed by atoms with E-state index in [1.807, 2.05) is 54.5 Å². The van der Waals surface area contributed by atoms with Crippen LogP contribution in [-0.2, 0) is 12.0 Å². The second-order valence-corrected chi connectivity index (χ2v) is 10.8. The molecule has 0 unspecified atom stereocenters. The normalized spacial score (nSPS) is 16.9. The van der Waals surface area contributed by atoms with Crippen molar-refractivity contribution in [3.8, 4) is 17.4 Å². The Morgan fingerprint density at radius 1 is 1.15 bits per heavy atom. The van der Waals surface area contributed by atoms with Crippen LogP contribution in [0.2, 0.25) is 0 Å². The molecular formula is C27H27N9O2S. The highest BCUT2D eigenvalue weighted by atomic mass is 32.1. The number of carbonyl (C=O) groups excluding carboxylic acids is 1. The summed E-state index contributed by atoms with van der Waals surface area (Å²) in [6.07, 6.45) is 5.38. The summed E-state index contributed by atoms with van der Waals surface area (Å²) >= 11 is 1.58. The van der Waals surface area contributed by atoms with Gasteiger partial charge in [-0.25, -0.2) is 9.97 Å². The van der Waals surface area contributed by atoms with Crippen LogP contribution >= 0.6 is 11.3 Å². The SMILES string of the molecule is Cc1csc([C@H]2CCCN2C(=O)c2cc(-c3nnc([C@](C)(N)Cc4ccccc4)o3)nc(-n3nccn3)c2)n1. The quantitative estimate of drug-likeness (QED) is 0.325. The summed E-state index contributed by atoms with van der Waals surface area (Å²) in [5.74, 6) is 0.667. The van der Waals surface area contributed by atoms with Gasteiger partial charge in [-0.1, -0.05) is 30.3 Å². The van der Waals surface area contributed by atoms with Crippen molar-refractivity contribution in [2.45, 2.75) is 44.7 Å². The van der Waals surface area contributed by atoms with E-state index in [1.54, 1.807) is 35.9 Å². The highest BCUT2D eigenvalue weighted by Gasteiger charge is 2.34. The van der Waals surface area contributed by atoms with Crippen molar-refractivity contribution in [3.63, 3.8) is 0 Å². The minimum Gasteiger partial charge on any atom is -0.417 e. The number of benzene rings is 1. The van der Waals surface area contributed by atoms with E-state index in [0.717, 1.165) is 29.1 Å². The Morgan fingerprint density at radius 3 is 2.69 bits per heavy atom. The first-order chi connectivity index (χ1) is 18.9. The Morgan fingerprint density at radius 2 is 1.95 bits per heavy atom. The molecule has 39 heavy (non-hydrogen) atoms. The minimum atomic E-state index is -0.902. The molecule has 4 aromatic heterocycles. The number of nitrogens with two attached hydrogens (primary N) is 1. The molecule has 11 nitrogen and oxygen atoms in total. The van der Waals surface area contributed by atoms with Gasteiger partial charge < -0.3 is 15.1 Å². The van der Waals surface area contributed by atoms with Crippen LogP contribution in [0.5, 0.6) is 0 Å². The van der Waals surface area contributed by atoms with E-state index in [0.29, 0.717) is 30.0 Å². The first-order valence-corrected chi connectivity index (χ1v) is 13.5. The number of hydrogen-bond acceptors (Lipinski definition) is 10. The van der Waals surface area contributed by atoms with Crippen molar-refractivity contribution in [2.75, 3.05) is 6.54 Å². The summed E-state index contributed by atoms with van der Waals surface area (Å²) in [4.78, 5) is 26.3. The van der Waals surface area contributed by atoms with E-state index in [1.165, 1.54) is 4.80 Å². The fourth-order valence-electron chi connectivity index (χ4n) is 4.80. The highest BCUT2D eigenvalue weighted by Crippen LogP contribution is 2.35. The van der Waals surface area contributed by atoms with Gasteiger partial charge in [0.2, 0.25) is 5.89 Å². The van der Waals surface area contributed by atoms with Gasteiger partial charge in [0.15, 0.2) is 5.82 Å². The molecule has 0 bridgehead atoms. The molecule has 0 radical (unpaired) electrons. The van der Waals surface area contributed by atoms with Crippen LogP contribution in [0.4, 0.5) is 0 Å². The van der Waals surface area contributed by atoms with E-state index in [2.05, 4.69) is 30.4 Å². The Hall–Kier alpha value is -4.29. The number of nitrogens with zero attached hydrogens (tertiary/aromatic N) is 8. The van der Waals surface area contributed by atoms with Crippen molar-refractivity contribution >= 4 is 17.2 Å². The second kappa shape index (κ2) is 10.1. The lowest BCUT2D eigenvalue weighted by molar-refractivity contribution is 0.0735. The lowest BCUT2D eigenvalue weighted by Gasteiger charge is -2.23. The molecule has 0 saturated carbocycles. The van der Waals surface area contributed by atoms with Crippen LogP contribution in [0, 0.1) is 6.92 Å². The molecule has 1 aliphatic rings. The standard InChI is InChI=1S/C27H27N9O2S/c1-17-16-39-24(31-17)21-9-6-12-35(21)25(37)19-13-20(32-22(14-19)36-29-10-11-30-36)23-33-34-26(38-23)27(2,28)15-18-7-4-3-5-8-18/h3-5,7-8,10-11,13-14,16,21H,6,9,12,15,28H2,1-2H3/t21-,27-/m1/s1. The van der Waals surface area contributed by atoms with Gasteiger partial charge >= 0.3 is 0 Å². The fourth-order valence-corrected chi connectivity index (χ4v) is 5.74. The molecule has 198 valence electrons. The van der Waals surface area contributed by atoms with Gasteiger partial charge in [0.1, 0.15) is 10.7 Å². The maximum Gasteiger partial charge on any atom is 0.266 e. The number of amides is 1. The van der Waals surface area contributed by atoms with E-state index in [-0.39, 0.29) is 23.7 Å². The number of carbonyl (C=O) groups is 1. The van der Waals surface area contributed by atoms with Crippen molar-refractivity contribution in [2.24, 2.45) is 5.73 Å². The highest BCUT2D eigenvalue weighted by molar-refractivity contribution is 7.09. The van der Waals surface area contributed by atoms with Crippen LogP contribution < -0.4 is 5.73 Å². The molecule has 1 fully saturated rings. The largest absolute Gasteiger partial charge is 0.417 e. The molecule has 5 heterocycles. The first-order valence-electron chi connectivity index (χ1n) is 12.7. The number of rotatable bonds is 7. The average Bonchev–Trinajstić information content (AvgIpc) is 3.74. The van der Waals surface area contributed by atoms with Gasteiger partial charge in [-0.15, -0.1) is 26.3 Å². The lowest BCUT2D eigenvalue weighted by Crippen LogP contribution is -2.35. The van der Waals surface area contributed by atoms with Crippen LogP contribution in [-0.4, -0.2) is 52.5 Å². The van der Waals surface area contributed by atoms with Gasteiger partial charge in [0.25, 0.3) is 11.8 Å². The molecule has 0 spiro atoms. The average molecular weight is 542 g/mol. The number of aromatic nitrogens is 7. The number of pyridine rings is 1. The summed E-state index contributed by atoms with van der Waals surface area (Å²) in [5, 5.41) is 19.8. The minimum absolute atomic E-state index is 0.0648.